The molecule has 0 bridgehead atoms. The molecule has 2 N–H and O–H groups in total. The Morgan fingerprint density at radius 1 is 1.13 bits per heavy atom. The summed E-state index contributed by atoms with van der Waals surface area (Å²) in [5, 5.41) is 10.1. The quantitative estimate of drug-likeness (QED) is 0.560. The lowest BCUT2D eigenvalue weighted by Gasteiger charge is -2.20. The van der Waals surface area contributed by atoms with Gasteiger partial charge in [0.1, 0.15) is 5.82 Å². The van der Waals surface area contributed by atoms with E-state index in [1.54, 1.807) is 43.6 Å². The molecule has 0 unspecified atom stereocenters. The lowest BCUT2D eigenvalue weighted by atomic mass is 9.95. The van der Waals surface area contributed by atoms with E-state index in [0.29, 0.717) is 28.6 Å². The number of hydrogen-bond donors (Lipinski definition) is 2. The van der Waals surface area contributed by atoms with E-state index < -0.39 is 23.1 Å². The summed E-state index contributed by atoms with van der Waals surface area (Å²) in [6.45, 7) is 9.84. The van der Waals surface area contributed by atoms with Crippen LogP contribution in [-0.2, 0) is 11.0 Å². The van der Waals surface area contributed by atoms with Gasteiger partial charge in [-0.15, -0.1) is 5.10 Å². The molecule has 0 spiro atoms. The first-order chi connectivity index (χ1) is 14.3. The van der Waals surface area contributed by atoms with Gasteiger partial charge in [-0.3, -0.25) is 4.79 Å². The zero-order chi connectivity index (χ0) is 23.0. The fourth-order valence-corrected chi connectivity index (χ4v) is 2.79. The highest BCUT2D eigenvalue weighted by molar-refractivity contribution is 5.96. The summed E-state index contributed by atoms with van der Waals surface area (Å²) in [5.41, 5.74) is -0.589. The maximum absolute atomic E-state index is 13.5. The minimum Gasteiger partial charge on any atom is -0.368 e. The Morgan fingerprint density at radius 3 is 2.45 bits per heavy atom. The van der Waals surface area contributed by atoms with Gasteiger partial charge in [0.15, 0.2) is 5.65 Å². The van der Waals surface area contributed by atoms with E-state index in [1.165, 1.54) is 12.1 Å². The van der Waals surface area contributed by atoms with Crippen molar-refractivity contribution in [3.63, 3.8) is 0 Å². The van der Waals surface area contributed by atoms with Crippen molar-refractivity contribution in [2.75, 3.05) is 17.2 Å². The van der Waals surface area contributed by atoms with E-state index in [2.05, 4.69) is 34.6 Å². The standard InChI is InChI=1S/C22H26F3N5O/c1-13(2)11-26-18-8-9-19-27-17(12-30(19)29-18)14-6-7-15(22(23,24)25)16(10-14)28-20(31)21(3,4)5/h6-10,12-13H,11H2,1-5H3,(H,26,29)(H,28,31). The Kier molecular flexibility index (Phi) is 5.98. The molecule has 0 radical (unpaired) electrons. The highest BCUT2D eigenvalue weighted by Crippen LogP contribution is 2.37. The van der Waals surface area contributed by atoms with Crippen LogP contribution in [0.1, 0.15) is 40.2 Å². The molecule has 1 aromatic carbocycles. The fourth-order valence-electron chi connectivity index (χ4n) is 2.79. The smallest absolute Gasteiger partial charge is 0.368 e. The number of carbonyl (C=O) groups excluding carboxylic acids is 1. The Morgan fingerprint density at radius 2 is 1.84 bits per heavy atom. The lowest BCUT2D eigenvalue weighted by Crippen LogP contribution is -2.28. The molecule has 31 heavy (non-hydrogen) atoms. The first kappa shape index (κ1) is 22.6. The third-order valence-corrected chi connectivity index (χ3v) is 4.56. The van der Waals surface area contributed by atoms with Gasteiger partial charge in [0.25, 0.3) is 0 Å². The number of imidazole rings is 1. The molecule has 2 heterocycles. The number of rotatable bonds is 5. The van der Waals surface area contributed by atoms with Crippen LogP contribution in [0, 0.1) is 11.3 Å². The van der Waals surface area contributed by atoms with Crippen molar-refractivity contribution in [2.24, 2.45) is 11.3 Å². The van der Waals surface area contributed by atoms with Crippen LogP contribution in [0.15, 0.2) is 36.5 Å². The predicted molar refractivity (Wildman–Crippen MR) is 115 cm³/mol. The first-order valence-corrected chi connectivity index (χ1v) is 9.98. The van der Waals surface area contributed by atoms with E-state index in [9.17, 15) is 18.0 Å². The van der Waals surface area contributed by atoms with Gasteiger partial charge in [0.2, 0.25) is 5.91 Å². The molecule has 166 valence electrons. The molecule has 1 amide bonds. The molecule has 0 saturated carbocycles. The molecule has 0 aliphatic rings. The second kappa shape index (κ2) is 8.20. The highest BCUT2D eigenvalue weighted by Gasteiger charge is 2.35. The number of alkyl halides is 3. The van der Waals surface area contributed by atoms with E-state index in [1.807, 2.05) is 0 Å². The summed E-state index contributed by atoms with van der Waals surface area (Å²) < 4.78 is 42.0. The van der Waals surface area contributed by atoms with Gasteiger partial charge in [-0.2, -0.15) is 13.2 Å². The van der Waals surface area contributed by atoms with Crippen LogP contribution in [0.3, 0.4) is 0 Å². The summed E-state index contributed by atoms with van der Waals surface area (Å²) in [4.78, 5) is 16.8. The molecule has 0 aliphatic carbocycles. The topological polar surface area (TPSA) is 71.3 Å². The number of halogens is 3. The number of anilines is 2. The Hall–Kier alpha value is -3.10. The minimum absolute atomic E-state index is 0.297. The van der Waals surface area contributed by atoms with Crippen LogP contribution < -0.4 is 10.6 Å². The van der Waals surface area contributed by atoms with Crippen LogP contribution in [0.2, 0.25) is 0 Å². The van der Waals surface area contributed by atoms with Gasteiger partial charge in [0.05, 0.1) is 23.1 Å². The molecule has 3 aromatic rings. The first-order valence-electron chi connectivity index (χ1n) is 9.98. The summed E-state index contributed by atoms with van der Waals surface area (Å²) in [6.07, 6.45) is -2.95. The molecule has 3 rings (SSSR count). The van der Waals surface area contributed by atoms with Crippen molar-refractivity contribution in [1.82, 2.24) is 14.6 Å². The van der Waals surface area contributed by atoms with Crippen molar-refractivity contribution < 1.29 is 18.0 Å². The van der Waals surface area contributed by atoms with Crippen molar-refractivity contribution in [2.45, 2.75) is 40.8 Å². The van der Waals surface area contributed by atoms with Gasteiger partial charge in [-0.25, -0.2) is 9.50 Å². The number of benzene rings is 1. The molecular weight excluding hydrogens is 407 g/mol. The number of hydrogen-bond acceptors (Lipinski definition) is 4. The van der Waals surface area contributed by atoms with Gasteiger partial charge in [-0.05, 0) is 30.2 Å². The average molecular weight is 433 g/mol. The largest absolute Gasteiger partial charge is 0.418 e. The average Bonchev–Trinajstić information content (AvgIpc) is 3.08. The summed E-state index contributed by atoms with van der Waals surface area (Å²) >= 11 is 0. The number of amides is 1. The third kappa shape index (κ3) is 5.34. The molecule has 2 aromatic heterocycles. The monoisotopic (exact) mass is 433 g/mol. The van der Waals surface area contributed by atoms with Gasteiger partial charge >= 0.3 is 6.18 Å². The van der Waals surface area contributed by atoms with E-state index in [4.69, 9.17) is 0 Å². The Bertz CT molecular complexity index is 1100. The number of nitrogens with zero attached hydrogens (tertiary/aromatic N) is 3. The number of carbonyl (C=O) groups is 1. The minimum atomic E-state index is -4.60. The summed E-state index contributed by atoms with van der Waals surface area (Å²) in [6, 6.07) is 7.18. The zero-order valence-electron chi connectivity index (χ0n) is 18.1. The Balaban J connectivity index is 1.99. The van der Waals surface area contributed by atoms with Gasteiger partial charge < -0.3 is 10.6 Å². The third-order valence-electron chi connectivity index (χ3n) is 4.56. The molecule has 0 aliphatic heterocycles. The van der Waals surface area contributed by atoms with Crippen LogP contribution in [-0.4, -0.2) is 27.0 Å². The van der Waals surface area contributed by atoms with Crippen LogP contribution in [0.25, 0.3) is 16.9 Å². The van der Waals surface area contributed by atoms with Crippen molar-refractivity contribution in [3.8, 4) is 11.3 Å². The second-order valence-corrected chi connectivity index (χ2v) is 8.88. The lowest BCUT2D eigenvalue weighted by molar-refractivity contribution is -0.137. The summed E-state index contributed by atoms with van der Waals surface area (Å²) in [5.74, 6) is 0.619. The second-order valence-electron chi connectivity index (χ2n) is 8.88. The predicted octanol–water partition coefficient (Wildman–Crippen LogP) is 5.47. The Labute approximate surface area is 178 Å². The van der Waals surface area contributed by atoms with Crippen LogP contribution >= 0.6 is 0 Å². The maximum Gasteiger partial charge on any atom is 0.418 e. The number of fused-ring (bicyclic) bond motifs is 1. The number of aromatic nitrogens is 3. The molecule has 9 heteroatoms. The van der Waals surface area contributed by atoms with Crippen LogP contribution in [0.5, 0.6) is 0 Å². The molecule has 0 saturated heterocycles. The molecule has 6 nitrogen and oxygen atoms in total. The van der Waals surface area contributed by atoms with Gasteiger partial charge in [0, 0.05) is 17.5 Å². The highest BCUT2D eigenvalue weighted by atomic mass is 19.4. The summed E-state index contributed by atoms with van der Waals surface area (Å²) in [7, 11) is 0. The fraction of sp³-hybridized carbons (Fsp3) is 0.409. The van der Waals surface area contributed by atoms with Crippen molar-refractivity contribution in [1.29, 1.82) is 0 Å². The van der Waals surface area contributed by atoms with Crippen LogP contribution in [0.4, 0.5) is 24.7 Å². The normalized spacial score (nSPS) is 12.4. The molecule has 0 atom stereocenters. The van der Waals surface area contributed by atoms with E-state index in [-0.39, 0.29) is 5.69 Å². The van der Waals surface area contributed by atoms with Crippen molar-refractivity contribution >= 4 is 23.1 Å². The zero-order valence-corrected chi connectivity index (χ0v) is 18.1. The van der Waals surface area contributed by atoms with Gasteiger partial charge in [-0.1, -0.05) is 40.7 Å². The molecular formula is C22H26F3N5O. The van der Waals surface area contributed by atoms with E-state index >= 15 is 0 Å². The molecule has 0 fully saturated rings. The van der Waals surface area contributed by atoms with E-state index in [0.717, 1.165) is 12.6 Å². The SMILES string of the molecule is CC(C)CNc1ccc2nc(-c3ccc(C(F)(F)F)c(NC(=O)C(C)(C)C)c3)cn2n1. The van der Waals surface area contributed by atoms with Crippen molar-refractivity contribution in [3.05, 3.63) is 42.1 Å². The number of nitrogens with one attached hydrogen (secondary N) is 2. The maximum atomic E-state index is 13.5.